The van der Waals surface area contributed by atoms with E-state index >= 15 is 0 Å². The number of rotatable bonds is 2. The molecule has 0 radical (unpaired) electrons. The van der Waals surface area contributed by atoms with Gasteiger partial charge in [-0.25, -0.2) is 9.07 Å². The van der Waals surface area contributed by atoms with Gasteiger partial charge in [0.05, 0.1) is 25.5 Å². The first-order valence-corrected chi connectivity index (χ1v) is 7.51. The van der Waals surface area contributed by atoms with E-state index in [-0.39, 0.29) is 24.5 Å². The number of fused-ring (bicyclic) bond motifs is 2. The molecule has 3 heterocycles. The van der Waals surface area contributed by atoms with Crippen LogP contribution in [0, 0.1) is 5.82 Å². The van der Waals surface area contributed by atoms with E-state index in [1.807, 2.05) is 0 Å². The summed E-state index contributed by atoms with van der Waals surface area (Å²) in [5, 5.41) is 37.8. The Morgan fingerprint density at radius 2 is 2.12 bits per heavy atom. The van der Waals surface area contributed by atoms with E-state index in [0.29, 0.717) is 5.69 Å². The van der Waals surface area contributed by atoms with Crippen LogP contribution in [0.3, 0.4) is 0 Å². The quantitative estimate of drug-likeness (QED) is 0.670. The van der Waals surface area contributed by atoms with Crippen molar-refractivity contribution in [3.05, 3.63) is 35.8 Å². The molecule has 2 aliphatic rings. The molecule has 2 aliphatic heterocycles. The van der Waals surface area contributed by atoms with Crippen LogP contribution in [0.25, 0.3) is 11.3 Å². The molecule has 0 bridgehead atoms. The van der Waals surface area contributed by atoms with E-state index in [1.165, 1.54) is 10.7 Å². The van der Waals surface area contributed by atoms with E-state index in [4.69, 9.17) is 9.47 Å². The van der Waals surface area contributed by atoms with Crippen molar-refractivity contribution >= 4 is 0 Å². The Labute approximate surface area is 136 Å². The Morgan fingerprint density at radius 3 is 2.83 bits per heavy atom. The topological polar surface area (TPSA) is 110 Å². The number of benzene rings is 1. The fourth-order valence-corrected chi connectivity index (χ4v) is 3.26. The van der Waals surface area contributed by atoms with Gasteiger partial charge in [-0.05, 0) is 12.1 Å². The van der Waals surface area contributed by atoms with Crippen molar-refractivity contribution in [2.24, 2.45) is 0 Å². The van der Waals surface area contributed by atoms with E-state index < -0.39 is 36.5 Å². The molecule has 1 saturated heterocycles. The van der Waals surface area contributed by atoms with Gasteiger partial charge in [-0.1, -0.05) is 17.3 Å². The van der Waals surface area contributed by atoms with Crippen molar-refractivity contribution in [2.45, 2.75) is 30.6 Å². The van der Waals surface area contributed by atoms with Crippen LogP contribution in [-0.4, -0.2) is 61.8 Å². The Morgan fingerprint density at radius 1 is 1.33 bits per heavy atom. The fraction of sp³-hybridized carbons (Fsp3) is 0.467. The van der Waals surface area contributed by atoms with Crippen LogP contribution in [0.2, 0.25) is 0 Å². The molecule has 0 amide bonds. The summed E-state index contributed by atoms with van der Waals surface area (Å²) in [7, 11) is 0. The van der Waals surface area contributed by atoms with Crippen LogP contribution in [0.15, 0.2) is 24.3 Å². The van der Waals surface area contributed by atoms with Crippen molar-refractivity contribution in [3.8, 4) is 11.3 Å². The Hall–Kier alpha value is -1.91. The van der Waals surface area contributed by atoms with Crippen LogP contribution in [0.5, 0.6) is 0 Å². The minimum absolute atomic E-state index is 0.0746. The molecule has 3 N–H and O–H groups in total. The van der Waals surface area contributed by atoms with Crippen LogP contribution in [0.1, 0.15) is 5.69 Å². The summed E-state index contributed by atoms with van der Waals surface area (Å²) in [6, 6.07) is 6.13. The molecule has 1 aromatic carbocycles. The molecule has 0 aliphatic carbocycles. The molecule has 128 valence electrons. The summed E-state index contributed by atoms with van der Waals surface area (Å²) in [6.45, 7) is -0.437. The molecule has 2 aromatic rings. The third-order valence-electron chi connectivity index (χ3n) is 4.50. The second-order valence-electron chi connectivity index (χ2n) is 5.89. The van der Waals surface area contributed by atoms with Gasteiger partial charge in [0.2, 0.25) is 5.72 Å². The van der Waals surface area contributed by atoms with Crippen molar-refractivity contribution in [1.29, 1.82) is 0 Å². The average Bonchev–Trinajstić information content (AvgIpc) is 3.12. The second-order valence-corrected chi connectivity index (χ2v) is 5.89. The molecule has 1 fully saturated rings. The zero-order valence-electron chi connectivity index (χ0n) is 12.5. The van der Waals surface area contributed by atoms with Gasteiger partial charge in [0.1, 0.15) is 29.8 Å². The molecule has 9 heteroatoms. The normalized spacial score (nSPS) is 32.2. The first-order valence-electron chi connectivity index (χ1n) is 7.51. The van der Waals surface area contributed by atoms with Crippen LogP contribution in [-0.2, 0) is 21.8 Å². The fourth-order valence-electron chi connectivity index (χ4n) is 3.26. The first kappa shape index (κ1) is 15.6. The maximum atomic E-state index is 14.1. The highest BCUT2D eigenvalue weighted by atomic mass is 19.1. The molecular formula is C15H16FN3O5. The van der Waals surface area contributed by atoms with Gasteiger partial charge in [0.15, 0.2) is 0 Å². The number of aromatic nitrogens is 3. The van der Waals surface area contributed by atoms with Gasteiger partial charge < -0.3 is 24.8 Å². The van der Waals surface area contributed by atoms with Crippen molar-refractivity contribution < 1.29 is 29.2 Å². The van der Waals surface area contributed by atoms with Crippen molar-refractivity contribution in [3.63, 3.8) is 0 Å². The molecule has 4 rings (SSSR count). The molecule has 8 nitrogen and oxygen atoms in total. The highest BCUT2D eigenvalue weighted by Crippen LogP contribution is 2.40. The molecule has 4 atom stereocenters. The van der Waals surface area contributed by atoms with E-state index in [9.17, 15) is 19.7 Å². The summed E-state index contributed by atoms with van der Waals surface area (Å²) in [6.07, 6.45) is -3.65. The number of aliphatic hydroxyl groups excluding tert-OH is 3. The molecule has 1 spiro atoms. The number of aliphatic hydroxyl groups is 3. The monoisotopic (exact) mass is 337 g/mol. The lowest BCUT2D eigenvalue weighted by Gasteiger charge is -2.36. The molecular weight excluding hydrogens is 321 g/mol. The lowest BCUT2D eigenvalue weighted by Crippen LogP contribution is -2.52. The largest absolute Gasteiger partial charge is 0.394 e. The Balaban J connectivity index is 1.83. The minimum Gasteiger partial charge on any atom is -0.394 e. The standard InChI is InChI=1S/C15H16FN3O5/c16-9-4-2-1-3-8(9)12-10-6-23-7-15(19(10)18-17-12)14(22)13(21)11(5-20)24-15/h1-4,11,13-14,20-22H,5-7H2/t11-,13-,14-,15-/m1/s1. The zero-order chi connectivity index (χ0) is 16.9. The van der Waals surface area contributed by atoms with Gasteiger partial charge in [0, 0.05) is 5.56 Å². The van der Waals surface area contributed by atoms with Crippen LogP contribution >= 0.6 is 0 Å². The van der Waals surface area contributed by atoms with Crippen LogP contribution in [0.4, 0.5) is 4.39 Å². The zero-order valence-corrected chi connectivity index (χ0v) is 12.5. The number of hydrogen-bond acceptors (Lipinski definition) is 7. The van der Waals surface area contributed by atoms with Gasteiger partial charge >= 0.3 is 0 Å². The number of halogens is 1. The number of hydrogen-bond donors (Lipinski definition) is 3. The van der Waals surface area contributed by atoms with E-state index in [1.54, 1.807) is 18.2 Å². The van der Waals surface area contributed by atoms with Gasteiger partial charge in [-0.2, -0.15) is 0 Å². The molecule has 0 unspecified atom stereocenters. The Bertz CT molecular complexity index is 769. The number of nitrogens with zero attached hydrogens (tertiary/aromatic N) is 3. The highest BCUT2D eigenvalue weighted by molar-refractivity contribution is 5.62. The highest BCUT2D eigenvalue weighted by Gasteiger charge is 2.58. The van der Waals surface area contributed by atoms with E-state index in [0.717, 1.165) is 0 Å². The predicted molar refractivity (Wildman–Crippen MR) is 77.0 cm³/mol. The average molecular weight is 337 g/mol. The van der Waals surface area contributed by atoms with Gasteiger partial charge in [-0.15, -0.1) is 5.10 Å². The molecule has 1 aromatic heterocycles. The predicted octanol–water partition coefficient (Wildman–Crippen LogP) is -0.620. The van der Waals surface area contributed by atoms with Crippen molar-refractivity contribution in [2.75, 3.05) is 13.2 Å². The van der Waals surface area contributed by atoms with E-state index in [2.05, 4.69) is 10.3 Å². The second kappa shape index (κ2) is 5.57. The maximum Gasteiger partial charge on any atom is 0.215 e. The smallest absolute Gasteiger partial charge is 0.215 e. The molecule has 0 saturated carbocycles. The maximum absolute atomic E-state index is 14.1. The SMILES string of the molecule is OC[C@H]1O[C@]2(COCc3c(-c4ccccc4F)nnn32)[C@H](O)[C@@H]1O. The van der Waals surface area contributed by atoms with Gasteiger partial charge in [0.25, 0.3) is 0 Å². The summed E-state index contributed by atoms with van der Waals surface area (Å²) in [5.41, 5.74) is -0.538. The summed E-state index contributed by atoms with van der Waals surface area (Å²) < 4.78 is 26.6. The molecule has 24 heavy (non-hydrogen) atoms. The Kier molecular flexibility index (Phi) is 3.62. The van der Waals surface area contributed by atoms with Crippen molar-refractivity contribution in [1.82, 2.24) is 15.0 Å². The first-order chi connectivity index (χ1) is 11.6. The summed E-state index contributed by atoms with van der Waals surface area (Å²) in [5.74, 6) is -0.457. The third-order valence-corrected chi connectivity index (χ3v) is 4.50. The minimum atomic E-state index is -1.50. The summed E-state index contributed by atoms with van der Waals surface area (Å²) in [4.78, 5) is 0. The lowest BCUT2D eigenvalue weighted by atomic mass is 10.0. The third kappa shape index (κ3) is 2.03. The van der Waals surface area contributed by atoms with Gasteiger partial charge in [-0.3, -0.25) is 0 Å². The lowest BCUT2D eigenvalue weighted by molar-refractivity contribution is -0.208. The van der Waals surface area contributed by atoms with Crippen LogP contribution < -0.4 is 0 Å². The summed E-state index contributed by atoms with van der Waals surface area (Å²) >= 11 is 0. The number of ether oxygens (including phenoxy) is 2.